The summed E-state index contributed by atoms with van der Waals surface area (Å²) in [6.07, 6.45) is 4.09. The number of nitrogens with one attached hydrogen (secondary N) is 1. The van der Waals surface area contributed by atoms with E-state index in [4.69, 9.17) is 4.98 Å². The fraction of sp³-hybridized carbons (Fsp3) is 0.261. The van der Waals surface area contributed by atoms with Gasteiger partial charge in [0, 0.05) is 11.5 Å². The second-order valence-electron chi connectivity index (χ2n) is 6.70. The third kappa shape index (κ3) is 5.00. The molecule has 1 unspecified atom stereocenters. The predicted molar refractivity (Wildman–Crippen MR) is 109 cm³/mol. The number of benzene rings is 2. The van der Waals surface area contributed by atoms with E-state index >= 15 is 0 Å². The number of hydrogen-bond donors (Lipinski definition) is 1. The fourth-order valence-corrected chi connectivity index (χ4v) is 2.79. The molecule has 1 amide bonds. The molecule has 0 aliphatic heterocycles. The molecule has 0 spiro atoms. The number of aryl methyl sites for hydroxylation is 2. The number of anilines is 1. The molecule has 1 N–H and O–H groups in total. The molecule has 0 saturated carbocycles. The molecule has 0 bridgehead atoms. The van der Waals surface area contributed by atoms with Crippen LogP contribution in [-0.4, -0.2) is 15.9 Å². The molecule has 0 aliphatic rings. The lowest BCUT2D eigenvalue weighted by molar-refractivity contribution is -0.119. The van der Waals surface area contributed by atoms with Gasteiger partial charge in [-0.15, -0.1) is 0 Å². The Hall–Kier alpha value is -3.01. The van der Waals surface area contributed by atoms with Crippen LogP contribution in [0.2, 0.25) is 0 Å². The highest BCUT2D eigenvalue weighted by Gasteiger charge is 2.15. The van der Waals surface area contributed by atoms with Crippen LogP contribution in [0.5, 0.6) is 0 Å². The molecule has 1 atom stereocenters. The van der Waals surface area contributed by atoms with E-state index in [1.165, 1.54) is 5.56 Å². The van der Waals surface area contributed by atoms with Crippen molar-refractivity contribution >= 4 is 11.7 Å². The van der Waals surface area contributed by atoms with E-state index in [-0.39, 0.29) is 11.8 Å². The van der Waals surface area contributed by atoms with Gasteiger partial charge >= 0.3 is 0 Å². The molecule has 0 saturated heterocycles. The molecule has 0 aliphatic carbocycles. The van der Waals surface area contributed by atoms with Gasteiger partial charge in [0.25, 0.3) is 0 Å². The van der Waals surface area contributed by atoms with Crippen LogP contribution in [0.4, 0.5) is 5.82 Å². The first-order valence-electron chi connectivity index (χ1n) is 9.43. The molecule has 0 radical (unpaired) electrons. The topological polar surface area (TPSA) is 54.9 Å². The smallest absolute Gasteiger partial charge is 0.228 e. The van der Waals surface area contributed by atoms with Gasteiger partial charge in [-0.25, -0.2) is 9.97 Å². The summed E-state index contributed by atoms with van der Waals surface area (Å²) in [5, 5.41) is 2.96. The fourth-order valence-electron chi connectivity index (χ4n) is 2.79. The highest BCUT2D eigenvalue weighted by atomic mass is 16.1. The lowest BCUT2D eigenvalue weighted by Gasteiger charge is -2.14. The first-order valence-corrected chi connectivity index (χ1v) is 9.43. The molecule has 4 nitrogen and oxygen atoms in total. The number of aromatic nitrogens is 2. The molecule has 4 heteroatoms. The van der Waals surface area contributed by atoms with Crippen molar-refractivity contribution in [3.05, 3.63) is 78.1 Å². The number of hydrogen-bond acceptors (Lipinski definition) is 3. The number of amides is 1. The van der Waals surface area contributed by atoms with Gasteiger partial charge in [-0.05, 0) is 24.8 Å². The standard InChI is InChI=1S/C23H25N3O/c1-3-17(2)23(27)26-22-20(15-14-18-10-6-4-7-11-18)25-21(16-24-22)19-12-8-5-9-13-19/h4-13,16-17H,3,14-15H2,1-2H3,(H,24,26,27). The van der Waals surface area contributed by atoms with Crippen LogP contribution in [0.3, 0.4) is 0 Å². The molecule has 138 valence electrons. The van der Waals surface area contributed by atoms with Gasteiger partial charge in [0.05, 0.1) is 17.6 Å². The second kappa shape index (κ2) is 9.08. The van der Waals surface area contributed by atoms with Crippen LogP contribution >= 0.6 is 0 Å². The zero-order valence-corrected chi connectivity index (χ0v) is 15.9. The van der Waals surface area contributed by atoms with Gasteiger partial charge in [0.15, 0.2) is 5.82 Å². The van der Waals surface area contributed by atoms with Gasteiger partial charge in [0.1, 0.15) is 0 Å². The van der Waals surface area contributed by atoms with Crippen LogP contribution < -0.4 is 5.32 Å². The zero-order chi connectivity index (χ0) is 19.1. The average Bonchev–Trinajstić information content (AvgIpc) is 2.73. The van der Waals surface area contributed by atoms with Crippen LogP contribution in [0.25, 0.3) is 11.3 Å². The first-order chi connectivity index (χ1) is 13.2. The summed E-state index contributed by atoms with van der Waals surface area (Å²) in [6.45, 7) is 3.93. The quantitative estimate of drug-likeness (QED) is 0.652. The molecular weight excluding hydrogens is 334 g/mol. The SMILES string of the molecule is CCC(C)C(=O)Nc1ncc(-c2ccccc2)nc1CCc1ccccc1. The van der Waals surface area contributed by atoms with E-state index in [1.807, 2.05) is 62.4 Å². The Bertz CT molecular complexity index is 879. The number of rotatable bonds is 7. The monoisotopic (exact) mass is 359 g/mol. The summed E-state index contributed by atoms with van der Waals surface area (Å²) < 4.78 is 0. The third-order valence-electron chi connectivity index (χ3n) is 4.71. The van der Waals surface area contributed by atoms with E-state index < -0.39 is 0 Å². The van der Waals surface area contributed by atoms with E-state index in [2.05, 4.69) is 22.4 Å². The van der Waals surface area contributed by atoms with Crippen LogP contribution in [0, 0.1) is 5.92 Å². The Balaban J connectivity index is 1.88. The number of carbonyl (C=O) groups excluding carboxylic acids is 1. The molecule has 1 heterocycles. The maximum atomic E-state index is 12.3. The Kier molecular flexibility index (Phi) is 6.31. The predicted octanol–water partition coefficient (Wildman–Crippen LogP) is 4.91. The Morgan fingerprint density at radius 3 is 2.33 bits per heavy atom. The summed E-state index contributed by atoms with van der Waals surface area (Å²) in [6, 6.07) is 20.3. The van der Waals surface area contributed by atoms with E-state index in [0.29, 0.717) is 12.2 Å². The van der Waals surface area contributed by atoms with Crippen molar-refractivity contribution in [2.45, 2.75) is 33.1 Å². The largest absolute Gasteiger partial charge is 0.309 e. The lowest BCUT2D eigenvalue weighted by Crippen LogP contribution is -2.22. The molecule has 2 aromatic carbocycles. The highest BCUT2D eigenvalue weighted by molar-refractivity contribution is 5.91. The van der Waals surface area contributed by atoms with Crippen LogP contribution in [0.1, 0.15) is 31.5 Å². The van der Waals surface area contributed by atoms with Gasteiger partial charge < -0.3 is 5.32 Å². The second-order valence-corrected chi connectivity index (χ2v) is 6.70. The molecule has 0 fully saturated rings. The first kappa shape index (κ1) is 18.8. The normalized spacial score (nSPS) is 11.8. The van der Waals surface area contributed by atoms with Crippen LogP contribution in [0.15, 0.2) is 66.9 Å². The van der Waals surface area contributed by atoms with Gasteiger partial charge in [-0.1, -0.05) is 74.5 Å². The van der Waals surface area contributed by atoms with E-state index in [0.717, 1.165) is 29.8 Å². The highest BCUT2D eigenvalue weighted by Crippen LogP contribution is 2.21. The molecular formula is C23H25N3O. The van der Waals surface area contributed by atoms with Crippen molar-refractivity contribution in [2.75, 3.05) is 5.32 Å². The Morgan fingerprint density at radius 2 is 1.67 bits per heavy atom. The van der Waals surface area contributed by atoms with Crippen LogP contribution in [-0.2, 0) is 17.6 Å². The summed E-state index contributed by atoms with van der Waals surface area (Å²) in [7, 11) is 0. The summed E-state index contributed by atoms with van der Waals surface area (Å²) in [4.78, 5) is 21.7. The van der Waals surface area contributed by atoms with Crippen molar-refractivity contribution in [1.82, 2.24) is 9.97 Å². The van der Waals surface area contributed by atoms with Crippen molar-refractivity contribution in [3.63, 3.8) is 0 Å². The minimum atomic E-state index is -0.0532. The summed E-state index contributed by atoms with van der Waals surface area (Å²) in [5.41, 5.74) is 3.89. The third-order valence-corrected chi connectivity index (χ3v) is 4.71. The number of nitrogens with zero attached hydrogens (tertiary/aromatic N) is 2. The maximum Gasteiger partial charge on any atom is 0.228 e. The molecule has 27 heavy (non-hydrogen) atoms. The van der Waals surface area contributed by atoms with Crippen molar-refractivity contribution in [1.29, 1.82) is 0 Å². The minimum Gasteiger partial charge on any atom is -0.309 e. The van der Waals surface area contributed by atoms with Crippen molar-refractivity contribution in [3.8, 4) is 11.3 Å². The van der Waals surface area contributed by atoms with Crippen molar-refractivity contribution < 1.29 is 4.79 Å². The van der Waals surface area contributed by atoms with E-state index in [1.54, 1.807) is 6.20 Å². The number of carbonyl (C=O) groups is 1. The summed E-state index contributed by atoms with van der Waals surface area (Å²) >= 11 is 0. The van der Waals surface area contributed by atoms with Crippen molar-refractivity contribution in [2.24, 2.45) is 5.92 Å². The average molecular weight is 359 g/mol. The lowest BCUT2D eigenvalue weighted by atomic mass is 10.1. The van der Waals surface area contributed by atoms with Gasteiger partial charge in [0.2, 0.25) is 5.91 Å². The molecule has 1 aromatic heterocycles. The summed E-state index contributed by atoms with van der Waals surface area (Å²) in [5.74, 6) is 0.499. The van der Waals surface area contributed by atoms with E-state index in [9.17, 15) is 4.79 Å². The minimum absolute atomic E-state index is 0.0137. The Labute approximate surface area is 160 Å². The zero-order valence-electron chi connectivity index (χ0n) is 15.9. The molecule has 3 aromatic rings. The maximum absolute atomic E-state index is 12.3. The molecule has 3 rings (SSSR count). The van der Waals surface area contributed by atoms with Gasteiger partial charge in [-0.3, -0.25) is 4.79 Å². The Morgan fingerprint density at radius 1 is 1.00 bits per heavy atom. The van der Waals surface area contributed by atoms with Gasteiger partial charge in [-0.2, -0.15) is 0 Å².